The molecule has 1 N–H and O–H groups in total. The molecule has 0 fully saturated rings. The Morgan fingerprint density at radius 2 is 1.94 bits per heavy atom. The number of rotatable bonds is 1. The first-order valence-corrected chi connectivity index (χ1v) is 5.46. The van der Waals surface area contributed by atoms with Gasteiger partial charge in [-0.15, -0.1) is 0 Å². The summed E-state index contributed by atoms with van der Waals surface area (Å²) in [5, 5.41) is 9.26. The average molecular weight is 258 g/mol. The van der Waals surface area contributed by atoms with E-state index in [9.17, 15) is 18.3 Å². The van der Waals surface area contributed by atoms with Crippen LogP contribution in [0.4, 0.5) is 13.2 Å². The third-order valence-electron chi connectivity index (χ3n) is 2.72. The van der Waals surface area contributed by atoms with Gasteiger partial charge in [0.2, 0.25) is 0 Å². The van der Waals surface area contributed by atoms with Crippen LogP contribution in [0.3, 0.4) is 0 Å². The number of halogens is 3. The first kappa shape index (κ1) is 13.0. The molecule has 1 aliphatic rings. The second-order valence-electron chi connectivity index (χ2n) is 4.74. The van der Waals surface area contributed by atoms with Crippen LogP contribution >= 0.6 is 0 Å². The van der Waals surface area contributed by atoms with Crippen LogP contribution in [0.1, 0.15) is 25.0 Å². The molecule has 1 aliphatic heterocycles. The molecule has 0 aromatic heterocycles. The highest BCUT2D eigenvalue weighted by atomic mass is 19.4. The molecule has 1 heterocycles. The van der Waals surface area contributed by atoms with Crippen LogP contribution in [0.25, 0.3) is 5.57 Å². The summed E-state index contributed by atoms with van der Waals surface area (Å²) in [6.07, 6.45) is -2.77. The van der Waals surface area contributed by atoms with Crippen molar-refractivity contribution in [2.75, 3.05) is 6.61 Å². The van der Waals surface area contributed by atoms with Gasteiger partial charge in [-0.05, 0) is 43.7 Å². The van der Waals surface area contributed by atoms with Crippen molar-refractivity contribution < 1.29 is 23.0 Å². The molecule has 2 nitrogen and oxygen atoms in total. The highest BCUT2D eigenvalue weighted by Crippen LogP contribution is 2.39. The van der Waals surface area contributed by atoms with E-state index in [0.29, 0.717) is 16.9 Å². The molecule has 1 aromatic rings. The SMILES string of the molecule is CC1(C)C=C(CO)c2cc(C(F)(F)F)ccc2O1. The number of ether oxygens (including phenoxy) is 1. The largest absolute Gasteiger partial charge is 0.483 e. The van der Waals surface area contributed by atoms with Crippen LogP contribution in [-0.2, 0) is 6.18 Å². The Balaban J connectivity index is 2.54. The maximum absolute atomic E-state index is 12.6. The van der Waals surface area contributed by atoms with Crippen molar-refractivity contribution in [3.8, 4) is 5.75 Å². The molecule has 0 radical (unpaired) electrons. The summed E-state index contributed by atoms with van der Waals surface area (Å²) in [6.45, 7) is 3.24. The quantitative estimate of drug-likeness (QED) is 0.837. The molecular weight excluding hydrogens is 245 g/mol. The van der Waals surface area contributed by atoms with Crippen molar-refractivity contribution in [3.05, 3.63) is 35.4 Å². The Morgan fingerprint density at radius 1 is 1.28 bits per heavy atom. The van der Waals surface area contributed by atoms with E-state index >= 15 is 0 Å². The lowest BCUT2D eigenvalue weighted by Gasteiger charge is -2.31. The number of aliphatic hydroxyl groups excluding tert-OH is 1. The average Bonchev–Trinajstić information content (AvgIpc) is 2.24. The molecule has 0 amide bonds. The number of hydrogen-bond acceptors (Lipinski definition) is 2. The molecule has 98 valence electrons. The van der Waals surface area contributed by atoms with Crippen LogP contribution in [0.2, 0.25) is 0 Å². The smallest absolute Gasteiger partial charge is 0.416 e. The van der Waals surface area contributed by atoms with E-state index < -0.39 is 17.3 Å². The van der Waals surface area contributed by atoms with Gasteiger partial charge in [-0.2, -0.15) is 13.2 Å². The topological polar surface area (TPSA) is 29.5 Å². The van der Waals surface area contributed by atoms with E-state index in [-0.39, 0.29) is 6.61 Å². The molecule has 5 heteroatoms. The Hall–Kier alpha value is -1.49. The molecule has 0 spiro atoms. The van der Waals surface area contributed by atoms with E-state index in [0.717, 1.165) is 12.1 Å². The highest BCUT2D eigenvalue weighted by Gasteiger charge is 2.33. The molecule has 0 atom stereocenters. The van der Waals surface area contributed by atoms with Gasteiger partial charge in [0.15, 0.2) is 0 Å². The number of alkyl halides is 3. The van der Waals surface area contributed by atoms with E-state index in [1.54, 1.807) is 19.9 Å². The zero-order valence-electron chi connectivity index (χ0n) is 10.0. The first-order valence-electron chi connectivity index (χ1n) is 5.46. The lowest BCUT2D eigenvalue weighted by atomic mass is 9.94. The third-order valence-corrected chi connectivity index (χ3v) is 2.72. The summed E-state index contributed by atoms with van der Waals surface area (Å²) in [5.74, 6) is 0.361. The maximum Gasteiger partial charge on any atom is 0.416 e. The molecule has 0 saturated carbocycles. The Morgan fingerprint density at radius 3 is 2.50 bits per heavy atom. The summed E-state index contributed by atoms with van der Waals surface area (Å²) in [6, 6.07) is 3.28. The number of hydrogen-bond donors (Lipinski definition) is 1. The zero-order valence-corrected chi connectivity index (χ0v) is 10.0. The molecule has 2 rings (SSSR count). The van der Waals surface area contributed by atoms with Crippen LogP contribution in [0.5, 0.6) is 5.75 Å². The van der Waals surface area contributed by atoms with Gasteiger partial charge in [0.05, 0.1) is 12.2 Å². The Bertz CT molecular complexity index is 501. The minimum Gasteiger partial charge on any atom is -0.483 e. The second-order valence-corrected chi connectivity index (χ2v) is 4.74. The Kier molecular flexibility index (Phi) is 2.89. The van der Waals surface area contributed by atoms with E-state index in [1.165, 1.54) is 6.07 Å². The maximum atomic E-state index is 12.6. The lowest BCUT2D eigenvalue weighted by Crippen LogP contribution is -2.29. The minimum atomic E-state index is -4.40. The molecular formula is C13H13F3O2. The minimum absolute atomic E-state index is 0.298. The molecule has 0 aliphatic carbocycles. The molecule has 18 heavy (non-hydrogen) atoms. The van der Waals surface area contributed by atoms with Gasteiger partial charge in [0.1, 0.15) is 11.4 Å². The van der Waals surface area contributed by atoms with Crippen LogP contribution in [0, 0.1) is 0 Å². The standard InChI is InChI=1S/C13H13F3O2/c1-12(2)6-8(7-17)10-5-9(13(14,15)16)3-4-11(10)18-12/h3-6,17H,7H2,1-2H3. The molecule has 0 unspecified atom stereocenters. The first-order chi connectivity index (χ1) is 8.23. The number of aliphatic hydroxyl groups is 1. The van der Waals surface area contributed by atoms with Gasteiger partial charge in [-0.25, -0.2) is 0 Å². The van der Waals surface area contributed by atoms with Gasteiger partial charge in [-0.3, -0.25) is 0 Å². The molecule has 0 bridgehead atoms. The van der Waals surface area contributed by atoms with Crippen LogP contribution in [0.15, 0.2) is 24.3 Å². The van der Waals surface area contributed by atoms with Crippen molar-refractivity contribution in [3.63, 3.8) is 0 Å². The molecule has 0 saturated heterocycles. The normalized spacial score (nSPS) is 17.8. The van der Waals surface area contributed by atoms with E-state index in [2.05, 4.69) is 0 Å². The predicted octanol–water partition coefficient (Wildman–Crippen LogP) is 3.25. The zero-order chi connectivity index (χ0) is 13.6. The van der Waals surface area contributed by atoms with Crippen molar-refractivity contribution in [2.24, 2.45) is 0 Å². The van der Waals surface area contributed by atoms with Gasteiger partial charge < -0.3 is 9.84 Å². The van der Waals surface area contributed by atoms with Crippen LogP contribution in [-0.4, -0.2) is 17.3 Å². The highest BCUT2D eigenvalue weighted by molar-refractivity contribution is 5.74. The lowest BCUT2D eigenvalue weighted by molar-refractivity contribution is -0.137. The van der Waals surface area contributed by atoms with Gasteiger partial charge in [0.25, 0.3) is 0 Å². The van der Waals surface area contributed by atoms with Crippen LogP contribution < -0.4 is 4.74 Å². The third kappa shape index (κ3) is 2.36. The van der Waals surface area contributed by atoms with E-state index in [1.807, 2.05) is 0 Å². The fourth-order valence-corrected chi connectivity index (χ4v) is 1.99. The summed E-state index contributed by atoms with van der Waals surface area (Å²) in [7, 11) is 0. The summed E-state index contributed by atoms with van der Waals surface area (Å²) >= 11 is 0. The van der Waals surface area contributed by atoms with Crippen molar-refractivity contribution in [1.29, 1.82) is 0 Å². The fraction of sp³-hybridized carbons (Fsp3) is 0.385. The number of fused-ring (bicyclic) bond motifs is 1. The van der Waals surface area contributed by atoms with Gasteiger partial charge in [-0.1, -0.05) is 0 Å². The number of benzene rings is 1. The monoisotopic (exact) mass is 258 g/mol. The van der Waals surface area contributed by atoms with Gasteiger partial charge >= 0.3 is 6.18 Å². The second kappa shape index (κ2) is 4.02. The predicted molar refractivity (Wildman–Crippen MR) is 61.2 cm³/mol. The molecule has 1 aromatic carbocycles. The van der Waals surface area contributed by atoms with E-state index in [4.69, 9.17) is 4.74 Å². The van der Waals surface area contributed by atoms with Gasteiger partial charge in [0, 0.05) is 5.56 Å². The van der Waals surface area contributed by atoms with Crippen molar-refractivity contribution in [2.45, 2.75) is 25.6 Å². The van der Waals surface area contributed by atoms with Crippen molar-refractivity contribution >= 4 is 5.57 Å². The summed E-state index contributed by atoms with van der Waals surface area (Å²) < 4.78 is 43.4. The summed E-state index contributed by atoms with van der Waals surface area (Å²) in [4.78, 5) is 0. The van der Waals surface area contributed by atoms with Crippen molar-refractivity contribution in [1.82, 2.24) is 0 Å². The summed E-state index contributed by atoms with van der Waals surface area (Å²) in [5.41, 5.74) is -0.631. The fourth-order valence-electron chi connectivity index (χ4n) is 1.99. The Labute approximate surface area is 103 Å².